The SMILES string of the molecule is CC1(c2cccs2)Nc2ccccc2C(=O)N1CC1CCCO1. The second-order valence-corrected chi connectivity index (χ2v) is 7.22. The Bertz CT molecular complexity index is 710. The largest absolute Gasteiger partial charge is 0.376 e. The molecule has 3 heterocycles. The van der Waals surface area contributed by atoms with Crippen molar-refractivity contribution in [2.45, 2.75) is 31.5 Å². The number of fused-ring (bicyclic) bond motifs is 1. The molecule has 4 rings (SSSR count). The van der Waals surface area contributed by atoms with Gasteiger partial charge in [-0.15, -0.1) is 11.3 Å². The quantitative estimate of drug-likeness (QED) is 0.935. The van der Waals surface area contributed by atoms with Gasteiger partial charge in [0.2, 0.25) is 0 Å². The molecule has 0 spiro atoms. The summed E-state index contributed by atoms with van der Waals surface area (Å²) in [7, 11) is 0. The smallest absolute Gasteiger partial charge is 0.258 e. The van der Waals surface area contributed by atoms with Gasteiger partial charge in [0, 0.05) is 18.8 Å². The van der Waals surface area contributed by atoms with Gasteiger partial charge in [-0.1, -0.05) is 18.2 Å². The summed E-state index contributed by atoms with van der Waals surface area (Å²) in [6.07, 6.45) is 2.23. The average molecular weight is 328 g/mol. The van der Waals surface area contributed by atoms with E-state index in [2.05, 4.69) is 23.7 Å². The molecule has 1 saturated heterocycles. The highest BCUT2D eigenvalue weighted by molar-refractivity contribution is 7.10. The molecular formula is C18H20N2O2S. The molecule has 120 valence electrons. The zero-order valence-electron chi connectivity index (χ0n) is 13.1. The second-order valence-electron chi connectivity index (χ2n) is 6.27. The van der Waals surface area contributed by atoms with Crippen molar-refractivity contribution in [3.8, 4) is 0 Å². The van der Waals surface area contributed by atoms with Crippen LogP contribution in [0, 0.1) is 0 Å². The van der Waals surface area contributed by atoms with Gasteiger partial charge >= 0.3 is 0 Å². The van der Waals surface area contributed by atoms with Gasteiger partial charge < -0.3 is 15.0 Å². The van der Waals surface area contributed by atoms with E-state index in [4.69, 9.17) is 4.74 Å². The lowest BCUT2D eigenvalue weighted by molar-refractivity contribution is 0.0250. The molecule has 1 fully saturated rings. The monoisotopic (exact) mass is 328 g/mol. The molecule has 0 saturated carbocycles. The first-order valence-electron chi connectivity index (χ1n) is 8.03. The third-order valence-corrected chi connectivity index (χ3v) is 5.81. The Labute approximate surface area is 140 Å². The summed E-state index contributed by atoms with van der Waals surface area (Å²) in [6, 6.07) is 11.9. The zero-order chi connectivity index (χ0) is 15.9. The summed E-state index contributed by atoms with van der Waals surface area (Å²) in [6.45, 7) is 3.50. The summed E-state index contributed by atoms with van der Waals surface area (Å²) < 4.78 is 5.78. The van der Waals surface area contributed by atoms with Crippen LogP contribution in [0.15, 0.2) is 41.8 Å². The molecule has 23 heavy (non-hydrogen) atoms. The normalized spacial score (nSPS) is 26.9. The van der Waals surface area contributed by atoms with E-state index in [1.807, 2.05) is 35.2 Å². The Hall–Kier alpha value is -1.85. The van der Waals surface area contributed by atoms with E-state index in [1.165, 1.54) is 0 Å². The number of ether oxygens (including phenoxy) is 1. The van der Waals surface area contributed by atoms with Crippen molar-refractivity contribution in [2.24, 2.45) is 0 Å². The molecule has 1 N–H and O–H groups in total. The summed E-state index contributed by atoms with van der Waals surface area (Å²) in [5.74, 6) is 0.0748. The second kappa shape index (κ2) is 5.65. The molecule has 2 aliphatic heterocycles. The lowest BCUT2D eigenvalue weighted by Crippen LogP contribution is -2.57. The summed E-state index contributed by atoms with van der Waals surface area (Å²) in [5, 5.41) is 5.64. The summed E-state index contributed by atoms with van der Waals surface area (Å²) in [5.41, 5.74) is 1.10. The molecule has 1 aromatic heterocycles. The van der Waals surface area contributed by atoms with E-state index in [0.717, 1.165) is 35.6 Å². The van der Waals surface area contributed by atoms with Crippen molar-refractivity contribution in [3.63, 3.8) is 0 Å². The lowest BCUT2D eigenvalue weighted by Gasteiger charge is -2.46. The van der Waals surface area contributed by atoms with Crippen molar-refractivity contribution in [3.05, 3.63) is 52.2 Å². The van der Waals surface area contributed by atoms with E-state index in [1.54, 1.807) is 11.3 Å². The number of carbonyl (C=O) groups excluding carboxylic acids is 1. The van der Waals surface area contributed by atoms with Crippen molar-refractivity contribution in [1.29, 1.82) is 0 Å². The topological polar surface area (TPSA) is 41.6 Å². The molecule has 2 aromatic rings. The molecular weight excluding hydrogens is 308 g/mol. The number of hydrogen-bond donors (Lipinski definition) is 1. The maximum Gasteiger partial charge on any atom is 0.258 e. The number of nitrogens with one attached hydrogen (secondary N) is 1. The standard InChI is InChI=1S/C18H20N2O2S/c1-18(16-9-5-11-23-16)19-15-8-3-2-7-14(15)17(21)20(18)12-13-6-4-10-22-13/h2-3,5,7-9,11,13,19H,4,6,10,12H2,1H3. The Kier molecular flexibility index (Phi) is 3.62. The van der Waals surface area contributed by atoms with E-state index in [9.17, 15) is 4.79 Å². The molecule has 1 aromatic carbocycles. The minimum absolute atomic E-state index is 0.0748. The van der Waals surface area contributed by atoms with Crippen molar-refractivity contribution < 1.29 is 9.53 Å². The first-order valence-corrected chi connectivity index (χ1v) is 8.91. The average Bonchev–Trinajstić information content (AvgIpc) is 3.25. The van der Waals surface area contributed by atoms with Crippen LogP contribution in [-0.4, -0.2) is 30.1 Å². The lowest BCUT2D eigenvalue weighted by atomic mass is 9.98. The fourth-order valence-corrected chi connectivity index (χ4v) is 4.32. The van der Waals surface area contributed by atoms with Crippen LogP contribution in [0.5, 0.6) is 0 Å². The minimum atomic E-state index is -0.536. The minimum Gasteiger partial charge on any atom is -0.376 e. The molecule has 4 nitrogen and oxygen atoms in total. The van der Waals surface area contributed by atoms with Crippen LogP contribution >= 0.6 is 11.3 Å². The maximum absolute atomic E-state index is 13.2. The number of anilines is 1. The number of para-hydroxylation sites is 1. The van der Waals surface area contributed by atoms with Gasteiger partial charge in [0.1, 0.15) is 5.66 Å². The van der Waals surface area contributed by atoms with Crippen molar-refractivity contribution in [1.82, 2.24) is 4.90 Å². The summed E-state index contributed by atoms with van der Waals surface area (Å²) in [4.78, 5) is 16.2. The first kappa shape index (κ1) is 14.7. The van der Waals surface area contributed by atoms with Gasteiger partial charge in [0.15, 0.2) is 0 Å². The molecule has 5 heteroatoms. The Balaban J connectivity index is 1.76. The van der Waals surface area contributed by atoms with Gasteiger partial charge in [0.05, 0.1) is 16.5 Å². The maximum atomic E-state index is 13.2. The highest BCUT2D eigenvalue weighted by Crippen LogP contribution is 2.40. The van der Waals surface area contributed by atoms with E-state index in [-0.39, 0.29) is 12.0 Å². The third kappa shape index (κ3) is 2.44. The Morgan fingerprint density at radius 1 is 1.35 bits per heavy atom. The molecule has 2 atom stereocenters. The van der Waals surface area contributed by atoms with Gasteiger partial charge in [-0.05, 0) is 43.3 Å². The first-order chi connectivity index (χ1) is 11.2. The highest BCUT2D eigenvalue weighted by Gasteiger charge is 2.44. The number of benzene rings is 1. The van der Waals surface area contributed by atoms with Crippen LogP contribution in [0.4, 0.5) is 5.69 Å². The number of amides is 1. The number of rotatable bonds is 3. The van der Waals surface area contributed by atoms with E-state index >= 15 is 0 Å². The number of thiophene rings is 1. The molecule has 2 aliphatic rings. The fourth-order valence-electron chi connectivity index (χ4n) is 3.46. The molecule has 2 unspecified atom stereocenters. The van der Waals surface area contributed by atoms with Crippen LogP contribution in [0.3, 0.4) is 0 Å². The predicted octanol–water partition coefficient (Wildman–Crippen LogP) is 3.67. The summed E-state index contributed by atoms with van der Waals surface area (Å²) >= 11 is 1.67. The molecule has 1 amide bonds. The highest BCUT2D eigenvalue weighted by atomic mass is 32.1. The predicted molar refractivity (Wildman–Crippen MR) is 91.7 cm³/mol. The molecule has 0 bridgehead atoms. The number of nitrogens with zero attached hydrogens (tertiary/aromatic N) is 1. The molecule has 0 radical (unpaired) electrons. The van der Waals surface area contributed by atoms with Gasteiger partial charge in [-0.3, -0.25) is 4.79 Å². The van der Waals surface area contributed by atoms with Crippen LogP contribution in [0.1, 0.15) is 35.0 Å². The zero-order valence-corrected chi connectivity index (χ0v) is 13.9. The van der Waals surface area contributed by atoms with Crippen LogP contribution < -0.4 is 5.32 Å². The van der Waals surface area contributed by atoms with Gasteiger partial charge in [-0.25, -0.2) is 0 Å². The van der Waals surface area contributed by atoms with Gasteiger partial charge in [-0.2, -0.15) is 0 Å². The molecule has 0 aliphatic carbocycles. The van der Waals surface area contributed by atoms with Crippen molar-refractivity contribution in [2.75, 3.05) is 18.5 Å². The Morgan fingerprint density at radius 2 is 2.22 bits per heavy atom. The van der Waals surface area contributed by atoms with E-state index < -0.39 is 5.66 Å². The van der Waals surface area contributed by atoms with Crippen molar-refractivity contribution >= 4 is 22.9 Å². The number of hydrogen-bond acceptors (Lipinski definition) is 4. The Morgan fingerprint density at radius 3 is 2.96 bits per heavy atom. The van der Waals surface area contributed by atoms with E-state index in [0.29, 0.717) is 6.54 Å². The fraction of sp³-hybridized carbons (Fsp3) is 0.389. The van der Waals surface area contributed by atoms with Crippen LogP contribution in [0.25, 0.3) is 0 Å². The van der Waals surface area contributed by atoms with Gasteiger partial charge in [0.25, 0.3) is 5.91 Å². The third-order valence-electron chi connectivity index (χ3n) is 4.73. The van der Waals surface area contributed by atoms with Crippen LogP contribution in [0.2, 0.25) is 0 Å². The number of carbonyl (C=O) groups is 1. The van der Waals surface area contributed by atoms with Crippen LogP contribution in [-0.2, 0) is 10.4 Å².